The first-order chi connectivity index (χ1) is 9.10. The Bertz CT molecular complexity index is 539. The number of nitrogens with one attached hydrogen (secondary N) is 2. The SMILES string of the molecule is CCC(=O)Nc1ccc(F)c(N=C(NC#N)SC)c1. The summed E-state index contributed by atoms with van der Waals surface area (Å²) in [6.07, 6.45) is 3.77. The topological polar surface area (TPSA) is 77.3 Å². The number of amides is 1. The quantitative estimate of drug-likeness (QED) is 0.386. The van der Waals surface area contributed by atoms with E-state index in [9.17, 15) is 9.18 Å². The van der Waals surface area contributed by atoms with Gasteiger partial charge >= 0.3 is 0 Å². The number of nitrogens with zero attached hydrogens (tertiary/aromatic N) is 2. The van der Waals surface area contributed by atoms with Crippen molar-refractivity contribution in [2.75, 3.05) is 11.6 Å². The lowest BCUT2D eigenvalue weighted by Gasteiger charge is -2.06. The number of aliphatic imine (C=N–C) groups is 1. The predicted molar refractivity (Wildman–Crippen MR) is 74.7 cm³/mol. The molecule has 7 heteroatoms. The van der Waals surface area contributed by atoms with Gasteiger partial charge < -0.3 is 5.32 Å². The lowest BCUT2D eigenvalue weighted by molar-refractivity contribution is -0.115. The highest BCUT2D eigenvalue weighted by molar-refractivity contribution is 8.13. The maximum absolute atomic E-state index is 13.6. The number of carbonyl (C=O) groups excluding carboxylic acids is 1. The molecule has 1 aromatic carbocycles. The third-order valence-electron chi connectivity index (χ3n) is 2.13. The number of rotatable bonds is 3. The normalized spacial score (nSPS) is 10.7. The minimum absolute atomic E-state index is 0.0565. The highest BCUT2D eigenvalue weighted by Crippen LogP contribution is 2.23. The van der Waals surface area contributed by atoms with E-state index in [0.717, 1.165) is 0 Å². The van der Waals surface area contributed by atoms with Gasteiger partial charge in [-0.1, -0.05) is 18.7 Å². The highest BCUT2D eigenvalue weighted by atomic mass is 32.2. The molecule has 1 amide bonds. The summed E-state index contributed by atoms with van der Waals surface area (Å²) in [6.45, 7) is 1.72. The number of nitriles is 1. The Kier molecular flexibility index (Phi) is 5.82. The van der Waals surface area contributed by atoms with Crippen LogP contribution in [0, 0.1) is 17.3 Å². The van der Waals surface area contributed by atoms with Gasteiger partial charge in [-0.3, -0.25) is 10.1 Å². The molecule has 0 radical (unpaired) electrons. The van der Waals surface area contributed by atoms with Gasteiger partial charge in [0.2, 0.25) is 5.91 Å². The Labute approximate surface area is 114 Å². The lowest BCUT2D eigenvalue weighted by atomic mass is 10.2. The van der Waals surface area contributed by atoms with E-state index in [4.69, 9.17) is 5.26 Å². The molecule has 19 heavy (non-hydrogen) atoms. The molecule has 100 valence electrons. The van der Waals surface area contributed by atoms with Gasteiger partial charge in [0.25, 0.3) is 0 Å². The Morgan fingerprint density at radius 1 is 1.58 bits per heavy atom. The molecule has 0 fully saturated rings. The van der Waals surface area contributed by atoms with E-state index in [0.29, 0.717) is 12.1 Å². The summed E-state index contributed by atoms with van der Waals surface area (Å²) in [4.78, 5) is 15.2. The number of benzene rings is 1. The monoisotopic (exact) mass is 280 g/mol. The van der Waals surface area contributed by atoms with Crippen molar-refractivity contribution in [3.63, 3.8) is 0 Å². The van der Waals surface area contributed by atoms with Crippen molar-refractivity contribution in [1.29, 1.82) is 5.26 Å². The second-order valence-corrected chi connectivity index (χ2v) is 4.22. The van der Waals surface area contributed by atoms with Crippen LogP contribution in [0.15, 0.2) is 23.2 Å². The first kappa shape index (κ1) is 15.0. The maximum Gasteiger partial charge on any atom is 0.224 e. The third-order valence-corrected chi connectivity index (χ3v) is 2.71. The number of amidine groups is 1. The van der Waals surface area contributed by atoms with Crippen molar-refractivity contribution in [2.24, 2.45) is 4.99 Å². The molecule has 0 aliphatic carbocycles. The number of carbonyl (C=O) groups is 1. The maximum atomic E-state index is 13.6. The summed E-state index contributed by atoms with van der Waals surface area (Å²) < 4.78 is 13.6. The van der Waals surface area contributed by atoms with Gasteiger partial charge in [-0.2, -0.15) is 5.26 Å². The average Bonchev–Trinajstić information content (AvgIpc) is 2.41. The molecule has 0 bridgehead atoms. The Morgan fingerprint density at radius 3 is 2.89 bits per heavy atom. The Balaban J connectivity index is 3.03. The van der Waals surface area contributed by atoms with Gasteiger partial charge in [0, 0.05) is 12.1 Å². The Morgan fingerprint density at radius 2 is 2.32 bits per heavy atom. The zero-order chi connectivity index (χ0) is 14.3. The van der Waals surface area contributed by atoms with Crippen LogP contribution in [0.3, 0.4) is 0 Å². The lowest BCUT2D eigenvalue weighted by Crippen LogP contribution is -2.12. The van der Waals surface area contributed by atoms with E-state index >= 15 is 0 Å². The van der Waals surface area contributed by atoms with Crippen LogP contribution in [0.25, 0.3) is 0 Å². The summed E-state index contributed by atoms with van der Waals surface area (Å²) in [7, 11) is 0. The summed E-state index contributed by atoms with van der Waals surface area (Å²) in [5, 5.41) is 13.8. The molecular weight excluding hydrogens is 267 g/mol. The van der Waals surface area contributed by atoms with Gasteiger partial charge in [-0.15, -0.1) is 0 Å². The van der Waals surface area contributed by atoms with Crippen LogP contribution in [0.5, 0.6) is 0 Å². The summed E-state index contributed by atoms with van der Waals surface area (Å²) in [6, 6.07) is 4.09. The van der Waals surface area contributed by atoms with Crippen LogP contribution in [0.4, 0.5) is 15.8 Å². The number of anilines is 1. The van der Waals surface area contributed by atoms with Crippen LogP contribution in [0.2, 0.25) is 0 Å². The molecule has 0 unspecified atom stereocenters. The van der Waals surface area contributed by atoms with E-state index in [-0.39, 0.29) is 16.8 Å². The first-order valence-corrected chi connectivity index (χ1v) is 6.70. The largest absolute Gasteiger partial charge is 0.326 e. The fourth-order valence-electron chi connectivity index (χ4n) is 1.21. The van der Waals surface area contributed by atoms with Gasteiger partial charge in [-0.05, 0) is 24.5 Å². The predicted octanol–water partition coefficient (Wildman–Crippen LogP) is 2.60. The average molecular weight is 280 g/mol. The van der Waals surface area contributed by atoms with E-state index in [2.05, 4.69) is 15.6 Å². The van der Waals surface area contributed by atoms with Gasteiger partial charge in [-0.25, -0.2) is 9.38 Å². The van der Waals surface area contributed by atoms with Crippen LogP contribution in [-0.2, 0) is 4.79 Å². The molecule has 0 saturated heterocycles. The van der Waals surface area contributed by atoms with E-state index in [1.54, 1.807) is 19.4 Å². The summed E-state index contributed by atoms with van der Waals surface area (Å²) in [5.74, 6) is -0.692. The standard InChI is InChI=1S/C12H13FN4OS/c1-3-11(18)16-8-4-5-9(13)10(6-8)17-12(19-2)15-7-14/h4-6H,3H2,1-2H3,(H,15,17)(H,16,18). The minimum Gasteiger partial charge on any atom is -0.326 e. The molecule has 0 aromatic heterocycles. The van der Waals surface area contributed by atoms with E-state index in [1.807, 2.05) is 0 Å². The van der Waals surface area contributed by atoms with Gasteiger partial charge in [0.05, 0.1) is 0 Å². The van der Waals surface area contributed by atoms with Crippen molar-refractivity contribution >= 4 is 34.2 Å². The van der Waals surface area contributed by atoms with Crippen LogP contribution < -0.4 is 10.6 Å². The smallest absolute Gasteiger partial charge is 0.224 e. The van der Waals surface area contributed by atoms with Crippen LogP contribution >= 0.6 is 11.8 Å². The number of hydrogen-bond donors (Lipinski definition) is 2. The number of hydrogen-bond acceptors (Lipinski definition) is 4. The second-order valence-electron chi connectivity index (χ2n) is 3.43. The fourth-order valence-corrected chi connectivity index (χ4v) is 1.54. The van der Waals surface area contributed by atoms with Crippen molar-refractivity contribution in [3.8, 4) is 6.19 Å². The van der Waals surface area contributed by atoms with Gasteiger partial charge in [0.15, 0.2) is 11.4 Å². The van der Waals surface area contributed by atoms with Crippen LogP contribution in [0.1, 0.15) is 13.3 Å². The van der Waals surface area contributed by atoms with E-state index < -0.39 is 5.82 Å². The summed E-state index contributed by atoms with van der Waals surface area (Å²) >= 11 is 1.18. The molecule has 5 nitrogen and oxygen atoms in total. The molecule has 0 aliphatic rings. The number of halogens is 1. The molecule has 2 N–H and O–H groups in total. The second kappa shape index (κ2) is 7.38. The van der Waals surface area contributed by atoms with Crippen LogP contribution in [-0.4, -0.2) is 17.3 Å². The molecule has 0 spiro atoms. The molecule has 1 aromatic rings. The third kappa shape index (κ3) is 4.60. The van der Waals surface area contributed by atoms with Crippen molar-refractivity contribution in [2.45, 2.75) is 13.3 Å². The Hall–Kier alpha value is -2.07. The molecule has 0 atom stereocenters. The van der Waals surface area contributed by atoms with Gasteiger partial charge in [0.1, 0.15) is 11.5 Å². The highest BCUT2D eigenvalue weighted by Gasteiger charge is 2.06. The zero-order valence-corrected chi connectivity index (χ0v) is 11.3. The van der Waals surface area contributed by atoms with Crippen molar-refractivity contribution < 1.29 is 9.18 Å². The first-order valence-electron chi connectivity index (χ1n) is 5.47. The number of thioether (sulfide) groups is 1. The molecule has 0 heterocycles. The van der Waals surface area contributed by atoms with Crippen molar-refractivity contribution in [1.82, 2.24) is 5.32 Å². The fraction of sp³-hybridized carbons (Fsp3) is 0.250. The summed E-state index contributed by atoms with van der Waals surface area (Å²) in [5.41, 5.74) is 0.519. The zero-order valence-electron chi connectivity index (χ0n) is 10.5. The molecule has 1 rings (SSSR count). The molecular formula is C12H13FN4OS. The van der Waals surface area contributed by atoms with Crippen molar-refractivity contribution in [3.05, 3.63) is 24.0 Å². The van der Waals surface area contributed by atoms with E-state index in [1.165, 1.54) is 30.0 Å². The molecule has 0 saturated carbocycles. The minimum atomic E-state index is -0.527. The molecule has 0 aliphatic heterocycles.